The quantitative estimate of drug-likeness (QED) is 0.853. The number of ketones is 1. The minimum absolute atomic E-state index is 0.0922. The predicted octanol–water partition coefficient (Wildman–Crippen LogP) is 2.29. The highest BCUT2D eigenvalue weighted by atomic mass is 16.5. The number of carbonyl (C=O) groups is 1. The van der Waals surface area contributed by atoms with Crippen LogP contribution in [0.3, 0.4) is 0 Å². The van der Waals surface area contributed by atoms with Crippen molar-refractivity contribution in [2.24, 2.45) is 0 Å². The molecular formula is C16H20O3. The Bertz CT molecular complexity index is 462. The Kier molecular flexibility index (Phi) is 4.88. The van der Waals surface area contributed by atoms with E-state index in [2.05, 4.69) is 12.1 Å². The summed E-state index contributed by atoms with van der Waals surface area (Å²) < 4.78 is 5.04. The van der Waals surface area contributed by atoms with Gasteiger partial charge in [-0.05, 0) is 36.0 Å². The van der Waals surface area contributed by atoms with Crippen LogP contribution in [0.25, 0.3) is 0 Å². The second-order valence-corrected chi connectivity index (χ2v) is 4.88. The molecule has 0 aromatic heterocycles. The molecular weight excluding hydrogens is 240 g/mol. The van der Waals surface area contributed by atoms with E-state index in [4.69, 9.17) is 4.74 Å². The van der Waals surface area contributed by atoms with Gasteiger partial charge in [0.1, 0.15) is 0 Å². The molecule has 1 N–H and O–H groups in total. The van der Waals surface area contributed by atoms with E-state index in [1.165, 1.54) is 5.56 Å². The van der Waals surface area contributed by atoms with Crippen molar-refractivity contribution in [1.29, 1.82) is 0 Å². The number of benzene rings is 1. The molecule has 1 unspecified atom stereocenters. The van der Waals surface area contributed by atoms with Crippen molar-refractivity contribution in [1.82, 2.24) is 0 Å². The smallest absolute Gasteiger partial charge is 0.161 e. The predicted molar refractivity (Wildman–Crippen MR) is 73.9 cm³/mol. The fraction of sp³-hybridized carbons (Fsp3) is 0.438. The van der Waals surface area contributed by atoms with Crippen LogP contribution in [0.1, 0.15) is 24.8 Å². The molecule has 2 rings (SSSR count). The number of rotatable bonds is 6. The van der Waals surface area contributed by atoms with E-state index in [1.807, 2.05) is 18.2 Å². The Balaban J connectivity index is 2.06. The molecule has 0 spiro atoms. The maximum atomic E-state index is 11.9. The second-order valence-electron chi connectivity index (χ2n) is 4.88. The van der Waals surface area contributed by atoms with Crippen LogP contribution in [0, 0.1) is 0 Å². The lowest BCUT2D eigenvalue weighted by Crippen LogP contribution is -2.07. The molecule has 3 nitrogen and oxygen atoms in total. The molecule has 0 radical (unpaired) electrons. The average Bonchev–Trinajstić information content (AvgIpc) is 2.69. The molecule has 3 heteroatoms. The number of hydrogen-bond donors (Lipinski definition) is 1. The van der Waals surface area contributed by atoms with Gasteiger partial charge in [-0.1, -0.05) is 30.3 Å². The highest BCUT2D eigenvalue weighted by Gasteiger charge is 2.29. The number of methoxy groups -OCH3 is 1. The summed E-state index contributed by atoms with van der Waals surface area (Å²) in [6.45, 7) is 0.550. The van der Waals surface area contributed by atoms with Crippen molar-refractivity contribution in [2.75, 3.05) is 13.7 Å². The van der Waals surface area contributed by atoms with Gasteiger partial charge in [0, 0.05) is 13.5 Å². The molecule has 0 saturated carbocycles. The third-order valence-corrected chi connectivity index (χ3v) is 3.59. The van der Waals surface area contributed by atoms with Gasteiger partial charge in [-0.2, -0.15) is 0 Å². The van der Waals surface area contributed by atoms with E-state index in [0.29, 0.717) is 19.4 Å². The Morgan fingerprint density at radius 2 is 1.95 bits per heavy atom. The average molecular weight is 260 g/mol. The van der Waals surface area contributed by atoms with Crippen LogP contribution in [0.2, 0.25) is 0 Å². The number of aliphatic hydroxyl groups is 1. The van der Waals surface area contributed by atoms with Gasteiger partial charge in [-0.25, -0.2) is 0 Å². The summed E-state index contributed by atoms with van der Waals surface area (Å²) in [7, 11) is 1.63. The van der Waals surface area contributed by atoms with E-state index in [9.17, 15) is 9.90 Å². The zero-order chi connectivity index (χ0) is 13.7. The topological polar surface area (TPSA) is 46.5 Å². The van der Waals surface area contributed by atoms with E-state index in [1.54, 1.807) is 7.11 Å². The van der Waals surface area contributed by atoms with Crippen LogP contribution >= 0.6 is 0 Å². The number of ether oxygens (including phenoxy) is 1. The largest absolute Gasteiger partial charge is 0.388 e. The van der Waals surface area contributed by atoms with Crippen molar-refractivity contribution in [3.05, 3.63) is 47.0 Å². The molecule has 102 valence electrons. The minimum atomic E-state index is -0.603. The monoisotopic (exact) mass is 260 g/mol. The summed E-state index contributed by atoms with van der Waals surface area (Å²) >= 11 is 0. The van der Waals surface area contributed by atoms with Crippen molar-refractivity contribution in [3.8, 4) is 0 Å². The first-order chi connectivity index (χ1) is 9.22. The number of aryl methyl sites for hydroxylation is 1. The molecule has 1 aliphatic carbocycles. The molecule has 0 heterocycles. The molecule has 19 heavy (non-hydrogen) atoms. The lowest BCUT2D eigenvalue weighted by atomic mass is 9.99. The standard InChI is InChI=1S/C16H20O3/c1-19-10-9-14-13(15(17)11-16(14)18)8-7-12-5-3-2-4-6-12/h2-6,16,18H,7-11H2,1H3. The van der Waals surface area contributed by atoms with Gasteiger partial charge in [-0.15, -0.1) is 0 Å². The minimum Gasteiger partial charge on any atom is -0.388 e. The molecule has 0 bridgehead atoms. The SMILES string of the molecule is COCCC1=C(CCc2ccccc2)C(=O)CC1O. The van der Waals surface area contributed by atoms with Crippen LogP contribution in [-0.2, 0) is 16.0 Å². The number of allylic oxidation sites excluding steroid dienone is 1. The molecule has 0 saturated heterocycles. The summed E-state index contributed by atoms with van der Waals surface area (Å²) in [4.78, 5) is 11.9. The lowest BCUT2D eigenvalue weighted by Gasteiger charge is -2.09. The summed E-state index contributed by atoms with van der Waals surface area (Å²) in [5.41, 5.74) is 2.91. The Hall–Kier alpha value is -1.45. The van der Waals surface area contributed by atoms with Gasteiger partial charge >= 0.3 is 0 Å². The second kappa shape index (κ2) is 6.64. The molecule has 0 aliphatic heterocycles. The lowest BCUT2D eigenvalue weighted by molar-refractivity contribution is -0.115. The van der Waals surface area contributed by atoms with Crippen molar-refractivity contribution in [3.63, 3.8) is 0 Å². The molecule has 0 amide bonds. The summed E-state index contributed by atoms with van der Waals surface area (Å²) in [5.74, 6) is 0.0922. The van der Waals surface area contributed by atoms with E-state index < -0.39 is 6.10 Å². The number of carbonyl (C=O) groups excluding carboxylic acids is 1. The fourth-order valence-corrected chi connectivity index (χ4v) is 2.55. The summed E-state index contributed by atoms with van der Waals surface area (Å²) in [6, 6.07) is 10.1. The van der Waals surface area contributed by atoms with Crippen LogP contribution in [0.5, 0.6) is 0 Å². The zero-order valence-electron chi connectivity index (χ0n) is 11.3. The number of aliphatic hydroxyl groups excluding tert-OH is 1. The van der Waals surface area contributed by atoms with Gasteiger partial charge < -0.3 is 9.84 Å². The van der Waals surface area contributed by atoms with E-state index >= 15 is 0 Å². The first-order valence-corrected chi connectivity index (χ1v) is 6.68. The van der Waals surface area contributed by atoms with Crippen LogP contribution in [0.15, 0.2) is 41.5 Å². The van der Waals surface area contributed by atoms with Crippen LogP contribution < -0.4 is 0 Å². The summed E-state index contributed by atoms with van der Waals surface area (Å²) in [5, 5.41) is 9.92. The zero-order valence-corrected chi connectivity index (χ0v) is 11.3. The maximum absolute atomic E-state index is 11.9. The van der Waals surface area contributed by atoms with Gasteiger partial charge in [0.05, 0.1) is 12.7 Å². The van der Waals surface area contributed by atoms with Gasteiger partial charge in [0.15, 0.2) is 5.78 Å². The van der Waals surface area contributed by atoms with Crippen molar-refractivity contribution in [2.45, 2.75) is 31.8 Å². The number of hydrogen-bond acceptors (Lipinski definition) is 3. The van der Waals surface area contributed by atoms with Crippen LogP contribution in [-0.4, -0.2) is 30.7 Å². The Morgan fingerprint density at radius 3 is 2.63 bits per heavy atom. The third kappa shape index (κ3) is 3.52. The molecule has 1 aromatic rings. The van der Waals surface area contributed by atoms with Crippen molar-refractivity contribution >= 4 is 5.78 Å². The molecule has 0 fully saturated rings. The molecule has 1 atom stereocenters. The first kappa shape index (κ1) is 14.0. The maximum Gasteiger partial charge on any atom is 0.161 e. The van der Waals surface area contributed by atoms with E-state index in [-0.39, 0.29) is 12.2 Å². The van der Waals surface area contributed by atoms with Gasteiger partial charge in [0.25, 0.3) is 0 Å². The number of Topliss-reactive ketones (excluding diaryl/α,β-unsaturated/α-hetero) is 1. The van der Waals surface area contributed by atoms with Gasteiger partial charge in [0.2, 0.25) is 0 Å². The molecule has 1 aromatic carbocycles. The third-order valence-electron chi connectivity index (χ3n) is 3.59. The van der Waals surface area contributed by atoms with Crippen molar-refractivity contribution < 1.29 is 14.6 Å². The fourth-order valence-electron chi connectivity index (χ4n) is 2.55. The summed E-state index contributed by atoms with van der Waals surface area (Å²) in [6.07, 6.45) is 1.83. The first-order valence-electron chi connectivity index (χ1n) is 6.68. The van der Waals surface area contributed by atoms with E-state index in [0.717, 1.165) is 17.6 Å². The molecule has 1 aliphatic rings. The van der Waals surface area contributed by atoms with Crippen LogP contribution in [0.4, 0.5) is 0 Å². The highest BCUT2D eigenvalue weighted by molar-refractivity contribution is 5.99. The Labute approximate surface area is 113 Å². The Morgan fingerprint density at radius 1 is 1.21 bits per heavy atom. The normalized spacial score (nSPS) is 19.3. The van der Waals surface area contributed by atoms with Gasteiger partial charge in [-0.3, -0.25) is 4.79 Å². The highest BCUT2D eigenvalue weighted by Crippen LogP contribution is 2.29.